The van der Waals surface area contributed by atoms with Gasteiger partial charge in [0.15, 0.2) is 17.7 Å². The summed E-state index contributed by atoms with van der Waals surface area (Å²) in [6, 6.07) is 9.88. The van der Waals surface area contributed by atoms with Gasteiger partial charge in [-0.1, -0.05) is 39.0 Å². The highest BCUT2D eigenvalue weighted by molar-refractivity contribution is 6.08. The molecular weight excluding hydrogens is 551 g/mol. The van der Waals surface area contributed by atoms with Crippen molar-refractivity contribution in [3.05, 3.63) is 60.2 Å². The summed E-state index contributed by atoms with van der Waals surface area (Å²) in [7, 11) is 0. The molecule has 0 aliphatic carbocycles. The number of anilines is 1. The largest absolute Gasteiger partial charge is 0.416 e. The number of nitrogens with two attached hydrogens (primary N) is 1. The van der Waals surface area contributed by atoms with Gasteiger partial charge in [-0.25, -0.2) is 15.0 Å². The van der Waals surface area contributed by atoms with Crippen molar-refractivity contribution < 1.29 is 28.1 Å². The van der Waals surface area contributed by atoms with Crippen LogP contribution >= 0.6 is 0 Å². The SMILES string of the molecule is CC(C)(C)c1ccc2c3ccc(C(F)(F)F)cc3n(CCNCC3OC(n4cnc5c(N)ncnc54)C(O)C3O)c2c1. The second kappa shape index (κ2) is 10.2. The molecule has 222 valence electrons. The maximum Gasteiger partial charge on any atom is 0.416 e. The van der Waals surface area contributed by atoms with Crippen LogP contribution in [0.1, 0.15) is 38.1 Å². The smallest absolute Gasteiger partial charge is 0.387 e. The first-order chi connectivity index (χ1) is 19.8. The van der Waals surface area contributed by atoms with E-state index in [9.17, 15) is 23.4 Å². The van der Waals surface area contributed by atoms with Gasteiger partial charge in [-0.3, -0.25) is 4.57 Å². The van der Waals surface area contributed by atoms with Crippen molar-refractivity contribution >= 4 is 38.8 Å². The van der Waals surface area contributed by atoms with Crippen molar-refractivity contribution in [1.29, 1.82) is 0 Å². The number of nitrogens with zero attached hydrogens (tertiary/aromatic N) is 5. The van der Waals surface area contributed by atoms with Crippen molar-refractivity contribution in [3.63, 3.8) is 0 Å². The Morgan fingerprint density at radius 2 is 1.62 bits per heavy atom. The number of halogens is 3. The molecule has 4 heterocycles. The Kier molecular flexibility index (Phi) is 6.88. The predicted octanol–water partition coefficient (Wildman–Crippen LogP) is 3.74. The molecule has 6 rings (SSSR count). The van der Waals surface area contributed by atoms with Gasteiger partial charge in [0.25, 0.3) is 0 Å². The summed E-state index contributed by atoms with van der Waals surface area (Å²) in [6.07, 6.45) is -5.91. The topological polar surface area (TPSA) is 136 Å². The van der Waals surface area contributed by atoms with Crippen LogP contribution in [0.15, 0.2) is 49.1 Å². The predicted molar refractivity (Wildman–Crippen MR) is 152 cm³/mol. The molecule has 3 aromatic heterocycles. The highest BCUT2D eigenvalue weighted by atomic mass is 19.4. The summed E-state index contributed by atoms with van der Waals surface area (Å²) >= 11 is 0. The number of rotatable bonds is 6. The standard InChI is InChI=1S/C29H32F3N7O3/c1-28(2,3)15-4-6-17-18-7-5-16(29(30,31)32)11-20(18)38(19(17)10-15)9-8-34-12-21-23(40)24(41)27(42-21)39-14-37-22-25(33)35-13-36-26(22)39/h4-7,10-11,13-14,21,23-24,27,34,40-41H,8-9,12H2,1-3H3,(H2,33,35,36). The molecule has 0 amide bonds. The number of benzene rings is 2. The summed E-state index contributed by atoms with van der Waals surface area (Å²) in [5, 5.41) is 26.3. The van der Waals surface area contributed by atoms with Gasteiger partial charge in [-0.2, -0.15) is 13.2 Å². The van der Waals surface area contributed by atoms with E-state index in [-0.39, 0.29) is 17.8 Å². The summed E-state index contributed by atoms with van der Waals surface area (Å²) in [5.41, 5.74) is 8.15. The van der Waals surface area contributed by atoms with Gasteiger partial charge in [0.05, 0.1) is 11.9 Å². The number of aromatic nitrogens is 5. The van der Waals surface area contributed by atoms with Crippen LogP contribution in [0, 0.1) is 0 Å². The summed E-state index contributed by atoms with van der Waals surface area (Å²) in [5.74, 6) is 0.187. The number of nitrogens with one attached hydrogen (secondary N) is 1. The van der Waals surface area contributed by atoms with E-state index in [1.54, 1.807) is 0 Å². The third-order valence-electron chi connectivity index (χ3n) is 7.92. The zero-order valence-electron chi connectivity index (χ0n) is 23.3. The molecule has 42 heavy (non-hydrogen) atoms. The number of alkyl halides is 3. The molecule has 4 unspecified atom stereocenters. The van der Waals surface area contributed by atoms with Gasteiger partial charge in [-0.15, -0.1) is 0 Å². The molecule has 1 aliphatic heterocycles. The molecule has 1 aliphatic rings. The Morgan fingerprint density at radius 3 is 2.29 bits per heavy atom. The van der Waals surface area contributed by atoms with Gasteiger partial charge >= 0.3 is 6.18 Å². The molecule has 4 atom stereocenters. The molecular formula is C29H32F3N7O3. The van der Waals surface area contributed by atoms with E-state index in [4.69, 9.17) is 10.5 Å². The Labute approximate surface area is 238 Å². The minimum absolute atomic E-state index is 0.142. The van der Waals surface area contributed by atoms with Crippen molar-refractivity contribution in [1.82, 2.24) is 29.4 Å². The number of ether oxygens (including phenoxy) is 1. The zero-order chi connectivity index (χ0) is 30.0. The fourth-order valence-electron chi connectivity index (χ4n) is 5.60. The van der Waals surface area contributed by atoms with Crippen LogP contribution < -0.4 is 11.1 Å². The average molecular weight is 584 g/mol. The molecule has 10 nitrogen and oxygen atoms in total. The van der Waals surface area contributed by atoms with E-state index in [2.05, 4.69) is 41.0 Å². The molecule has 1 fully saturated rings. The third kappa shape index (κ3) is 4.85. The molecule has 2 aromatic carbocycles. The van der Waals surface area contributed by atoms with E-state index in [0.717, 1.165) is 27.9 Å². The average Bonchev–Trinajstić information content (AvgIpc) is 3.58. The lowest BCUT2D eigenvalue weighted by Crippen LogP contribution is -2.38. The van der Waals surface area contributed by atoms with Crippen LogP contribution in [0.5, 0.6) is 0 Å². The Morgan fingerprint density at radius 1 is 0.952 bits per heavy atom. The van der Waals surface area contributed by atoms with Gasteiger partial charge in [0.2, 0.25) is 0 Å². The number of nitrogen functional groups attached to an aromatic ring is 1. The van der Waals surface area contributed by atoms with Crippen LogP contribution in [0.2, 0.25) is 0 Å². The molecule has 0 radical (unpaired) electrons. The quantitative estimate of drug-likeness (QED) is 0.222. The van der Waals surface area contributed by atoms with Crippen molar-refractivity contribution in [2.75, 3.05) is 18.8 Å². The first kappa shape index (κ1) is 28.3. The van der Waals surface area contributed by atoms with Crippen LogP contribution in [0.4, 0.5) is 19.0 Å². The summed E-state index contributed by atoms with van der Waals surface area (Å²) in [4.78, 5) is 12.3. The Balaban J connectivity index is 1.22. The van der Waals surface area contributed by atoms with E-state index in [1.807, 2.05) is 22.8 Å². The lowest BCUT2D eigenvalue weighted by Gasteiger charge is -2.20. The zero-order valence-corrected chi connectivity index (χ0v) is 23.3. The van der Waals surface area contributed by atoms with Gasteiger partial charge in [0, 0.05) is 41.4 Å². The minimum Gasteiger partial charge on any atom is -0.387 e. The number of imidazole rings is 1. The first-order valence-corrected chi connectivity index (χ1v) is 13.6. The van der Waals surface area contributed by atoms with E-state index < -0.39 is 36.3 Å². The van der Waals surface area contributed by atoms with Crippen molar-refractivity contribution in [2.45, 2.75) is 63.4 Å². The first-order valence-electron chi connectivity index (χ1n) is 13.6. The number of aliphatic hydroxyl groups is 2. The van der Waals surface area contributed by atoms with Gasteiger partial charge in [0.1, 0.15) is 30.2 Å². The Hall–Kier alpha value is -3.78. The summed E-state index contributed by atoms with van der Waals surface area (Å²) < 4.78 is 50.2. The van der Waals surface area contributed by atoms with Crippen LogP contribution in [0.25, 0.3) is 33.0 Å². The van der Waals surface area contributed by atoms with Crippen molar-refractivity contribution in [3.8, 4) is 0 Å². The number of hydrogen-bond donors (Lipinski definition) is 4. The fraction of sp³-hybridized carbons (Fsp3) is 0.414. The lowest BCUT2D eigenvalue weighted by molar-refractivity contribution is -0.137. The number of aliphatic hydroxyl groups excluding tert-OH is 2. The Bertz CT molecular complexity index is 1700. The van der Waals surface area contributed by atoms with E-state index in [1.165, 1.54) is 29.4 Å². The normalized spacial score (nSPS) is 21.7. The van der Waals surface area contributed by atoms with Gasteiger partial charge in [-0.05, 0) is 29.2 Å². The number of hydrogen-bond acceptors (Lipinski definition) is 8. The van der Waals surface area contributed by atoms with Crippen LogP contribution in [0.3, 0.4) is 0 Å². The fourth-order valence-corrected chi connectivity index (χ4v) is 5.60. The lowest BCUT2D eigenvalue weighted by atomic mass is 9.86. The number of fused-ring (bicyclic) bond motifs is 4. The molecule has 5 N–H and O–H groups in total. The van der Waals surface area contributed by atoms with Crippen LogP contribution in [-0.4, -0.2) is 65.7 Å². The third-order valence-corrected chi connectivity index (χ3v) is 7.92. The highest BCUT2D eigenvalue weighted by Gasteiger charge is 2.44. The monoisotopic (exact) mass is 583 g/mol. The highest BCUT2D eigenvalue weighted by Crippen LogP contribution is 2.37. The van der Waals surface area contributed by atoms with Crippen LogP contribution in [-0.2, 0) is 22.9 Å². The second-order valence-corrected chi connectivity index (χ2v) is 11.7. The molecule has 0 spiro atoms. The molecule has 0 saturated carbocycles. The molecule has 0 bridgehead atoms. The summed E-state index contributed by atoms with van der Waals surface area (Å²) in [6.45, 7) is 7.21. The minimum atomic E-state index is -4.46. The second-order valence-electron chi connectivity index (χ2n) is 11.7. The van der Waals surface area contributed by atoms with E-state index in [0.29, 0.717) is 29.8 Å². The molecule has 1 saturated heterocycles. The maximum absolute atomic E-state index is 13.6. The maximum atomic E-state index is 13.6. The van der Waals surface area contributed by atoms with E-state index >= 15 is 0 Å². The van der Waals surface area contributed by atoms with Crippen molar-refractivity contribution in [2.24, 2.45) is 0 Å². The molecule has 13 heteroatoms. The molecule has 5 aromatic rings. The van der Waals surface area contributed by atoms with Gasteiger partial charge < -0.3 is 30.6 Å².